The quantitative estimate of drug-likeness (QED) is 0.536. The van der Waals surface area contributed by atoms with Crippen LogP contribution >= 0.6 is 0 Å². The predicted molar refractivity (Wildman–Crippen MR) is 97.6 cm³/mol. The Hall–Kier alpha value is -2.61. The van der Waals surface area contributed by atoms with Crippen LogP contribution in [-0.4, -0.2) is 42.3 Å². The lowest BCUT2D eigenvalue weighted by molar-refractivity contribution is -0.244. The van der Waals surface area contributed by atoms with E-state index in [0.29, 0.717) is 24.8 Å². The molecular weight excluding hydrogens is 392 g/mol. The average molecular weight is 414 g/mol. The van der Waals surface area contributed by atoms with Crippen LogP contribution in [0.2, 0.25) is 0 Å². The topological polar surface area (TPSA) is 101 Å². The molecule has 7 atom stereocenters. The van der Waals surface area contributed by atoms with Gasteiger partial charge in [-0.05, 0) is 18.9 Å². The molecule has 3 aliphatic heterocycles. The third kappa shape index (κ3) is 1.89. The second-order valence-electron chi connectivity index (χ2n) is 9.33. The van der Waals surface area contributed by atoms with Crippen LogP contribution in [0.4, 0.5) is 0 Å². The number of furan rings is 1. The van der Waals surface area contributed by atoms with Crippen molar-refractivity contribution >= 4 is 17.9 Å². The second-order valence-corrected chi connectivity index (χ2v) is 9.33. The summed E-state index contributed by atoms with van der Waals surface area (Å²) < 4.78 is 28.8. The highest BCUT2D eigenvalue weighted by molar-refractivity contribution is 5.94. The molecule has 0 radical (unpaired) electrons. The Labute approximate surface area is 172 Å². The van der Waals surface area contributed by atoms with Crippen LogP contribution < -0.4 is 0 Å². The minimum absolute atomic E-state index is 0.134. The van der Waals surface area contributed by atoms with Gasteiger partial charge in [0.25, 0.3) is 0 Å². The van der Waals surface area contributed by atoms with E-state index >= 15 is 0 Å². The van der Waals surface area contributed by atoms with Crippen LogP contribution in [0.25, 0.3) is 0 Å². The van der Waals surface area contributed by atoms with Gasteiger partial charge in [0.1, 0.15) is 18.8 Å². The van der Waals surface area contributed by atoms with Crippen molar-refractivity contribution in [2.75, 3.05) is 6.61 Å². The van der Waals surface area contributed by atoms with Crippen molar-refractivity contribution in [2.24, 2.45) is 16.7 Å². The van der Waals surface area contributed by atoms with Gasteiger partial charge in [-0.1, -0.05) is 13.0 Å². The SMILES string of the molecule is CC(=O)O[C@@H]1C[C@@]23COC(=O)C2=CC[C@H]2O[C@@]14C(=O)O[C@@H](c1ccoc1)C[C@]4(C)C23. The van der Waals surface area contributed by atoms with Crippen LogP contribution in [0.1, 0.15) is 44.8 Å². The number of cyclic esters (lactones) is 2. The zero-order valence-electron chi connectivity index (χ0n) is 16.7. The Bertz CT molecular complexity index is 995. The molecule has 1 saturated carbocycles. The van der Waals surface area contributed by atoms with Gasteiger partial charge in [-0.15, -0.1) is 0 Å². The first-order chi connectivity index (χ1) is 14.3. The summed E-state index contributed by atoms with van der Waals surface area (Å²) in [6.07, 6.45) is 4.61. The molecule has 30 heavy (non-hydrogen) atoms. The van der Waals surface area contributed by atoms with Gasteiger partial charge in [0.05, 0.1) is 18.6 Å². The van der Waals surface area contributed by atoms with Gasteiger partial charge in [-0.3, -0.25) is 4.79 Å². The molecule has 8 nitrogen and oxygen atoms in total. The van der Waals surface area contributed by atoms with Gasteiger partial charge in [0.2, 0.25) is 5.60 Å². The minimum Gasteiger partial charge on any atom is -0.472 e. The van der Waals surface area contributed by atoms with E-state index in [2.05, 4.69) is 0 Å². The Morgan fingerprint density at radius 1 is 1.27 bits per heavy atom. The Morgan fingerprint density at radius 2 is 2.10 bits per heavy atom. The lowest BCUT2D eigenvalue weighted by atomic mass is 9.44. The molecule has 2 bridgehead atoms. The van der Waals surface area contributed by atoms with Crippen LogP contribution in [0.3, 0.4) is 0 Å². The fourth-order valence-electron chi connectivity index (χ4n) is 7.08. The van der Waals surface area contributed by atoms with Crippen molar-refractivity contribution in [3.8, 4) is 0 Å². The van der Waals surface area contributed by atoms with E-state index in [1.165, 1.54) is 6.92 Å². The molecule has 5 aliphatic rings. The zero-order chi connectivity index (χ0) is 20.9. The number of ether oxygens (including phenoxy) is 4. The van der Waals surface area contributed by atoms with Crippen molar-refractivity contribution < 1.29 is 37.7 Å². The van der Waals surface area contributed by atoms with E-state index in [4.69, 9.17) is 23.4 Å². The summed E-state index contributed by atoms with van der Waals surface area (Å²) in [4.78, 5) is 38.1. The fourth-order valence-corrected chi connectivity index (χ4v) is 7.08. The summed E-state index contributed by atoms with van der Waals surface area (Å²) in [7, 11) is 0. The average Bonchev–Trinajstić information content (AvgIpc) is 3.36. The van der Waals surface area contributed by atoms with Crippen molar-refractivity contribution in [1.29, 1.82) is 0 Å². The number of carbonyl (C=O) groups is 3. The van der Waals surface area contributed by atoms with E-state index < -0.39 is 40.6 Å². The first kappa shape index (κ1) is 18.2. The number of carbonyl (C=O) groups excluding carboxylic acids is 3. The third-order valence-corrected chi connectivity index (χ3v) is 8.00. The Morgan fingerprint density at radius 3 is 2.83 bits per heavy atom. The van der Waals surface area contributed by atoms with E-state index in [1.54, 1.807) is 18.6 Å². The maximum Gasteiger partial charge on any atom is 0.343 e. The van der Waals surface area contributed by atoms with Crippen LogP contribution in [-0.2, 0) is 33.3 Å². The lowest BCUT2D eigenvalue weighted by Crippen LogP contribution is -2.70. The van der Waals surface area contributed by atoms with Crippen LogP contribution in [0, 0.1) is 16.7 Å². The molecule has 8 heteroatoms. The standard InChI is InChI=1S/C22H22O8/c1-11(23)28-16-8-21-10-27-18(24)13(21)3-4-14-17(21)20(2)7-15(12-5-6-26-9-12)29-19(25)22(16,20)30-14/h3,5-6,9,14-17H,4,7-8,10H2,1-2H3/t14-,15-,16-,17?,20-,21-,22-/m1/s1. The second kappa shape index (κ2) is 5.55. The van der Waals surface area contributed by atoms with Gasteiger partial charge < -0.3 is 23.4 Å². The van der Waals surface area contributed by atoms with Gasteiger partial charge in [0.15, 0.2) is 0 Å². The summed E-state index contributed by atoms with van der Waals surface area (Å²) >= 11 is 0. The van der Waals surface area contributed by atoms with Crippen LogP contribution in [0.15, 0.2) is 34.7 Å². The molecule has 158 valence electrons. The number of rotatable bonds is 2. The van der Waals surface area contributed by atoms with Crippen molar-refractivity contribution in [1.82, 2.24) is 0 Å². The molecule has 1 aromatic rings. The highest BCUT2D eigenvalue weighted by Crippen LogP contribution is 2.73. The number of esters is 3. The largest absolute Gasteiger partial charge is 0.472 e. The van der Waals surface area contributed by atoms with E-state index in [0.717, 1.165) is 5.56 Å². The molecule has 0 N–H and O–H groups in total. The molecule has 4 heterocycles. The summed E-state index contributed by atoms with van der Waals surface area (Å²) in [6, 6.07) is 1.78. The molecule has 1 unspecified atom stereocenters. The molecular formula is C22H22O8. The van der Waals surface area contributed by atoms with Crippen molar-refractivity contribution in [3.05, 3.63) is 35.8 Å². The molecule has 4 fully saturated rings. The van der Waals surface area contributed by atoms with Gasteiger partial charge in [0, 0.05) is 41.2 Å². The van der Waals surface area contributed by atoms with E-state index in [1.807, 2.05) is 13.0 Å². The highest BCUT2D eigenvalue weighted by atomic mass is 16.6. The van der Waals surface area contributed by atoms with E-state index in [9.17, 15) is 14.4 Å². The molecule has 3 saturated heterocycles. The molecule has 1 spiro atoms. The summed E-state index contributed by atoms with van der Waals surface area (Å²) in [5.41, 5.74) is -1.38. The third-order valence-electron chi connectivity index (χ3n) is 8.00. The summed E-state index contributed by atoms with van der Waals surface area (Å²) in [5, 5.41) is 0. The monoisotopic (exact) mass is 414 g/mol. The number of hydrogen-bond donors (Lipinski definition) is 0. The lowest BCUT2D eigenvalue weighted by Gasteiger charge is -2.58. The maximum absolute atomic E-state index is 13.6. The van der Waals surface area contributed by atoms with Gasteiger partial charge >= 0.3 is 17.9 Å². The highest BCUT2D eigenvalue weighted by Gasteiger charge is 2.82. The summed E-state index contributed by atoms with van der Waals surface area (Å²) in [5.74, 6) is -1.49. The van der Waals surface area contributed by atoms with E-state index in [-0.39, 0.29) is 24.6 Å². The zero-order valence-corrected chi connectivity index (χ0v) is 16.7. The molecule has 1 aromatic heterocycles. The molecule has 2 aliphatic carbocycles. The fraction of sp³-hybridized carbons (Fsp3) is 0.591. The normalized spacial score (nSPS) is 45.7. The first-order valence-electron chi connectivity index (χ1n) is 10.3. The molecule has 6 rings (SSSR count). The van der Waals surface area contributed by atoms with Crippen LogP contribution in [0.5, 0.6) is 0 Å². The first-order valence-corrected chi connectivity index (χ1v) is 10.3. The van der Waals surface area contributed by atoms with Crippen molar-refractivity contribution in [2.45, 2.75) is 57.0 Å². The smallest absolute Gasteiger partial charge is 0.343 e. The van der Waals surface area contributed by atoms with Gasteiger partial charge in [-0.2, -0.15) is 0 Å². The Balaban J connectivity index is 1.55. The summed E-state index contributed by atoms with van der Waals surface area (Å²) in [6.45, 7) is 3.53. The Kier molecular flexibility index (Phi) is 3.36. The molecule has 0 aromatic carbocycles. The molecule has 0 amide bonds. The minimum atomic E-state index is -1.41. The number of hydrogen-bond acceptors (Lipinski definition) is 8. The predicted octanol–water partition coefficient (Wildman–Crippen LogP) is 2.24. The van der Waals surface area contributed by atoms with Crippen molar-refractivity contribution in [3.63, 3.8) is 0 Å². The maximum atomic E-state index is 13.6. The van der Waals surface area contributed by atoms with Gasteiger partial charge in [-0.25, -0.2) is 9.59 Å².